The van der Waals surface area contributed by atoms with Crippen LogP contribution in [-0.4, -0.2) is 115 Å². The summed E-state index contributed by atoms with van der Waals surface area (Å²) in [4.78, 5) is 59.2. The summed E-state index contributed by atoms with van der Waals surface area (Å²) in [5, 5.41) is 15.1. The highest BCUT2D eigenvalue weighted by Gasteiger charge is 2.61. The smallest absolute Gasteiger partial charge is 0.408 e. The molecule has 4 N–H and O–H groups in total. The molecule has 14 nitrogen and oxygen atoms in total. The first-order valence-corrected chi connectivity index (χ1v) is 19.6. The van der Waals surface area contributed by atoms with E-state index in [1.165, 1.54) is 11.0 Å². The van der Waals surface area contributed by atoms with Crippen molar-refractivity contribution in [3.8, 4) is 0 Å². The van der Waals surface area contributed by atoms with Crippen LogP contribution in [-0.2, 0) is 46.8 Å². The maximum Gasteiger partial charge on any atom is 0.408 e. The monoisotopic (exact) mass is 747 g/mol. The van der Waals surface area contributed by atoms with Crippen LogP contribution in [0.4, 0.5) is 4.79 Å². The van der Waals surface area contributed by atoms with Crippen molar-refractivity contribution in [3.05, 3.63) is 48.0 Å². The van der Waals surface area contributed by atoms with Gasteiger partial charge in [-0.25, -0.2) is 13.2 Å². The summed E-state index contributed by atoms with van der Waals surface area (Å²) in [6.45, 7) is 17.3. The number of alkyl carbamates (subject to hydrolysis) is 1. The Hall–Kier alpha value is -3.53. The second-order valence-electron chi connectivity index (χ2n) is 16.1. The first kappa shape index (κ1) is 41.2. The zero-order valence-electron chi connectivity index (χ0n) is 31.4. The average Bonchev–Trinajstić information content (AvgIpc) is 3.98. The number of carbonyl (C=O) groups is 4. The SMILES string of the molecule is C=C[C@@H]1C[C@]1(NC(=O)[C@H](CCO)N(CCc1ccccc1CN1CCOCC1)C(=O)[C@@H](NC(=O)OC(C)(C)C)C(C)(C)C)C(=O)NS(=O)(=O)C1CC1. The first-order valence-electron chi connectivity index (χ1n) is 18.1. The quantitative estimate of drug-likeness (QED) is 0.183. The number of ether oxygens (including phenoxy) is 2. The fourth-order valence-corrected chi connectivity index (χ4v) is 7.79. The van der Waals surface area contributed by atoms with Gasteiger partial charge in [-0.3, -0.25) is 24.0 Å². The Labute approximate surface area is 308 Å². The van der Waals surface area contributed by atoms with Gasteiger partial charge in [0.25, 0.3) is 5.91 Å². The molecule has 1 aliphatic heterocycles. The summed E-state index contributed by atoms with van der Waals surface area (Å²) < 4.78 is 38.5. The molecular formula is C37H57N5O9S. The van der Waals surface area contributed by atoms with E-state index in [-0.39, 0.29) is 19.4 Å². The van der Waals surface area contributed by atoms with Gasteiger partial charge in [-0.2, -0.15) is 0 Å². The second kappa shape index (κ2) is 16.6. The molecule has 1 aromatic carbocycles. The molecule has 0 unspecified atom stereocenters. The molecule has 0 aromatic heterocycles. The molecule has 15 heteroatoms. The van der Waals surface area contributed by atoms with E-state index in [9.17, 15) is 32.7 Å². The third kappa shape index (κ3) is 10.8. The van der Waals surface area contributed by atoms with Crippen molar-refractivity contribution >= 4 is 33.8 Å². The Kier molecular flexibility index (Phi) is 13.2. The molecule has 52 heavy (non-hydrogen) atoms. The number of nitrogens with zero attached hydrogens (tertiary/aromatic N) is 2. The Morgan fingerprint density at radius 2 is 1.73 bits per heavy atom. The van der Waals surface area contributed by atoms with E-state index in [0.29, 0.717) is 39.0 Å². The first-order chi connectivity index (χ1) is 24.3. The number of rotatable bonds is 16. The van der Waals surface area contributed by atoms with Crippen molar-refractivity contribution in [2.24, 2.45) is 11.3 Å². The third-order valence-electron chi connectivity index (χ3n) is 9.63. The largest absolute Gasteiger partial charge is 0.444 e. The number of carbonyl (C=O) groups excluding carboxylic acids is 4. The minimum atomic E-state index is -3.92. The normalized spacial score (nSPS) is 22.0. The number of nitrogens with one attached hydrogen (secondary N) is 3. The molecule has 4 rings (SSSR count). The van der Waals surface area contributed by atoms with Gasteiger partial charge in [-0.15, -0.1) is 6.58 Å². The van der Waals surface area contributed by atoms with Gasteiger partial charge in [-0.1, -0.05) is 51.1 Å². The topological polar surface area (TPSA) is 184 Å². The van der Waals surface area contributed by atoms with Gasteiger partial charge in [0, 0.05) is 38.7 Å². The lowest BCUT2D eigenvalue weighted by Crippen LogP contribution is -2.62. The number of morpholine rings is 1. The molecule has 3 aliphatic rings. The van der Waals surface area contributed by atoms with Crippen LogP contribution in [0.3, 0.4) is 0 Å². The van der Waals surface area contributed by atoms with Gasteiger partial charge in [-0.05, 0) is 69.4 Å². The summed E-state index contributed by atoms with van der Waals surface area (Å²) in [6, 6.07) is 5.41. The van der Waals surface area contributed by atoms with E-state index in [1.807, 2.05) is 24.3 Å². The van der Waals surface area contributed by atoms with Crippen molar-refractivity contribution in [2.45, 2.75) is 109 Å². The zero-order chi connectivity index (χ0) is 38.5. The number of hydrogen-bond acceptors (Lipinski definition) is 10. The molecule has 0 bridgehead atoms. The molecule has 290 valence electrons. The number of aliphatic hydroxyl groups is 1. The fourth-order valence-electron chi connectivity index (χ4n) is 6.43. The Morgan fingerprint density at radius 3 is 2.27 bits per heavy atom. The van der Waals surface area contributed by atoms with E-state index in [4.69, 9.17) is 9.47 Å². The molecule has 0 spiro atoms. The van der Waals surface area contributed by atoms with Crippen molar-refractivity contribution in [1.82, 2.24) is 25.2 Å². The van der Waals surface area contributed by atoms with Crippen molar-refractivity contribution in [1.29, 1.82) is 0 Å². The Morgan fingerprint density at radius 1 is 1.10 bits per heavy atom. The molecule has 0 radical (unpaired) electrons. The zero-order valence-corrected chi connectivity index (χ0v) is 32.2. The molecule has 2 saturated carbocycles. The van der Waals surface area contributed by atoms with Gasteiger partial charge in [0.2, 0.25) is 21.8 Å². The van der Waals surface area contributed by atoms with Gasteiger partial charge in [0.1, 0.15) is 23.2 Å². The summed E-state index contributed by atoms with van der Waals surface area (Å²) in [5.41, 5.74) is -1.27. The molecular weight excluding hydrogens is 691 g/mol. The summed E-state index contributed by atoms with van der Waals surface area (Å²) in [5.74, 6) is -2.73. The number of amides is 4. The number of sulfonamides is 1. The third-order valence-corrected chi connectivity index (χ3v) is 11.4. The van der Waals surface area contributed by atoms with E-state index in [2.05, 4.69) is 26.8 Å². The summed E-state index contributed by atoms with van der Waals surface area (Å²) in [6.07, 6.45) is 1.85. The van der Waals surface area contributed by atoms with Gasteiger partial charge in [0.05, 0.1) is 18.5 Å². The molecule has 1 saturated heterocycles. The lowest BCUT2D eigenvalue weighted by Gasteiger charge is -2.39. The lowest BCUT2D eigenvalue weighted by atomic mass is 9.85. The average molecular weight is 748 g/mol. The van der Waals surface area contributed by atoms with Gasteiger partial charge >= 0.3 is 6.09 Å². The molecule has 3 fully saturated rings. The minimum Gasteiger partial charge on any atom is -0.444 e. The number of aliphatic hydroxyl groups excluding tert-OH is 1. The van der Waals surface area contributed by atoms with E-state index < -0.39 is 80.3 Å². The second-order valence-corrected chi connectivity index (χ2v) is 18.1. The van der Waals surface area contributed by atoms with Crippen LogP contribution in [0.15, 0.2) is 36.9 Å². The lowest BCUT2D eigenvalue weighted by molar-refractivity contribution is -0.145. The van der Waals surface area contributed by atoms with E-state index >= 15 is 0 Å². The minimum absolute atomic E-state index is 0.0275. The highest BCUT2D eigenvalue weighted by Crippen LogP contribution is 2.45. The van der Waals surface area contributed by atoms with E-state index in [1.54, 1.807) is 41.5 Å². The van der Waals surface area contributed by atoms with Crippen LogP contribution in [0.1, 0.15) is 78.4 Å². The molecule has 1 aromatic rings. The van der Waals surface area contributed by atoms with Crippen LogP contribution in [0.2, 0.25) is 0 Å². The molecule has 4 amide bonds. The van der Waals surface area contributed by atoms with Crippen LogP contribution in [0, 0.1) is 11.3 Å². The van der Waals surface area contributed by atoms with Gasteiger partial charge < -0.3 is 30.1 Å². The highest BCUT2D eigenvalue weighted by atomic mass is 32.2. The molecule has 1 heterocycles. The molecule has 2 aliphatic carbocycles. The Bertz CT molecular complexity index is 1580. The Balaban J connectivity index is 1.67. The summed E-state index contributed by atoms with van der Waals surface area (Å²) in [7, 11) is -3.92. The van der Waals surface area contributed by atoms with Crippen LogP contribution < -0.4 is 15.4 Å². The van der Waals surface area contributed by atoms with Crippen molar-refractivity contribution in [3.63, 3.8) is 0 Å². The van der Waals surface area contributed by atoms with Crippen LogP contribution in [0.5, 0.6) is 0 Å². The fraction of sp³-hybridized carbons (Fsp3) is 0.676. The van der Waals surface area contributed by atoms with Crippen LogP contribution in [0.25, 0.3) is 0 Å². The predicted octanol–water partition coefficient (Wildman–Crippen LogP) is 2.25. The van der Waals surface area contributed by atoms with E-state index in [0.717, 1.165) is 24.2 Å². The standard InChI is InChI=1S/C37H57N5O9S/c1-8-27-23-37(27,33(46)40-52(48,49)28-13-14-28)39-31(44)29(16-20-43)42(32(45)30(35(2,3)4)38-34(47)51-36(5,6)7)17-15-25-11-9-10-12-26(25)24-41-18-21-50-22-19-41/h8-12,27-30,43H,1,13-24H2,2-7H3,(H,38,47)(H,39,44)(H,40,46)/t27-,29+,30-,37-/m1/s1. The summed E-state index contributed by atoms with van der Waals surface area (Å²) >= 11 is 0. The van der Waals surface area contributed by atoms with Gasteiger partial charge in [0.15, 0.2) is 0 Å². The maximum atomic E-state index is 14.7. The number of benzene rings is 1. The number of hydrogen-bond donors (Lipinski definition) is 4. The maximum absolute atomic E-state index is 14.7. The van der Waals surface area contributed by atoms with Crippen molar-refractivity contribution in [2.75, 3.05) is 39.5 Å². The highest BCUT2D eigenvalue weighted by molar-refractivity contribution is 7.91. The van der Waals surface area contributed by atoms with Crippen molar-refractivity contribution < 1.29 is 42.2 Å². The van der Waals surface area contributed by atoms with Crippen LogP contribution >= 0.6 is 0 Å². The molecule has 4 atom stereocenters. The predicted molar refractivity (Wildman–Crippen MR) is 195 cm³/mol.